The molecule has 0 aliphatic heterocycles. The number of aromatic nitrogens is 2. The summed E-state index contributed by atoms with van der Waals surface area (Å²) >= 11 is 5.83. The van der Waals surface area contributed by atoms with E-state index in [-0.39, 0.29) is 0 Å². The first-order valence-corrected chi connectivity index (χ1v) is 6.12. The summed E-state index contributed by atoms with van der Waals surface area (Å²) in [5, 5.41) is 8.39. The third kappa shape index (κ3) is 3.58. The Labute approximate surface area is 106 Å². The predicted molar refractivity (Wildman–Crippen MR) is 69.9 cm³/mol. The van der Waals surface area contributed by atoms with Crippen molar-refractivity contribution in [3.8, 4) is 0 Å². The van der Waals surface area contributed by atoms with Gasteiger partial charge >= 0.3 is 0 Å². The summed E-state index contributed by atoms with van der Waals surface area (Å²) in [7, 11) is 0. The fourth-order valence-corrected chi connectivity index (χ4v) is 1.75. The molecule has 0 spiro atoms. The number of hydrogen-bond donors (Lipinski definition) is 1. The standard InChI is InChI=1S/C13H16ClN3/c1-2-17-10-12(9-16-17)8-15-7-11-3-5-13(14)6-4-11/h3-6,9-10,15H,2,7-8H2,1H3. The van der Waals surface area contributed by atoms with Crippen LogP contribution < -0.4 is 5.32 Å². The molecule has 3 nitrogen and oxygen atoms in total. The molecule has 4 heteroatoms. The second kappa shape index (κ2) is 5.84. The minimum absolute atomic E-state index is 0.776. The van der Waals surface area contributed by atoms with E-state index in [1.165, 1.54) is 11.1 Å². The zero-order valence-corrected chi connectivity index (χ0v) is 10.6. The van der Waals surface area contributed by atoms with Crippen LogP contribution in [0.4, 0.5) is 0 Å². The van der Waals surface area contributed by atoms with E-state index in [2.05, 4.69) is 23.5 Å². The van der Waals surface area contributed by atoms with Crippen LogP contribution in [0.15, 0.2) is 36.7 Å². The second-order valence-corrected chi connectivity index (χ2v) is 4.37. The van der Waals surface area contributed by atoms with Gasteiger partial charge in [-0.2, -0.15) is 5.10 Å². The summed E-state index contributed by atoms with van der Waals surface area (Å²) in [5.41, 5.74) is 2.44. The van der Waals surface area contributed by atoms with Gasteiger partial charge < -0.3 is 5.32 Å². The second-order valence-electron chi connectivity index (χ2n) is 3.93. The lowest BCUT2D eigenvalue weighted by Gasteiger charge is -2.03. The van der Waals surface area contributed by atoms with Gasteiger partial charge in [0.05, 0.1) is 6.20 Å². The molecule has 1 aromatic heterocycles. The SMILES string of the molecule is CCn1cc(CNCc2ccc(Cl)cc2)cn1. The normalized spacial score (nSPS) is 10.7. The molecule has 1 N–H and O–H groups in total. The maximum atomic E-state index is 5.83. The molecule has 1 aromatic carbocycles. The topological polar surface area (TPSA) is 29.9 Å². The molecular formula is C13H16ClN3. The molecule has 0 fully saturated rings. The van der Waals surface area contributed by atoms with Crippen molar-refractivity contribution >= 4 is 11.6 Å². The third-order valence-electron chi connectivity index (χ3n) is 2.58. The molecule has 0 aliphatic carbocycles. The maximum Gasteiger partial charge on any atom is 0.0534 e. The molecule has 1 heterocycles. The monoisotopic (exact) mass is 249 g/mol. The minimum atomic E-state index is 0.776. The summed E-state index contributed by atoms with van der Waals surface area (Å²) in [6, 6.07) is 7.89. The summed E-state index contributed by atoms with van der Waals surface area (Å²) in [6.07, 6.45) is 3.97. The Hall–Kier alpha value is -1.32. The van der Waals surface area contributed by atoms with Gasteiger partial charge in [0.15, 0.2) is 0 Å². The minimum Gasteiger partial charge on any atom is -0.309 e. The van der Waals surface area contributed by atoms with Crippen molar-refractivity contribution in [3.63, 3.8) is 0 Å². The summed E-state index contributed by atoms with van der Waals surface area (Å²) in [5.74, 6) is 0. The molecular weight excluding hydrogens is 234 g/mol. The van der Waals surface area contributed by atoms with E-state index in [4.69, 9.17) is 11.6 Å². The van der Waals surface area contributed by atoms with Gasteiger partial charge in [0.25, 0.3) is 0 Å². The highest BCUT2D eigenvalue weighted by Gasteiger charge is 1.97. The highest BCUT2D eigenvalue weighted by molar-refractivity contribution is 6.30. The van der Waals surface area contributed by atoms with Gasteiger partial charge in [-0.3, -0.25) is 4.68 Å². The van der Waals surface area contributed by atoms with Crippen molar-refractivity contribution in [2.24, 2.45) is 0 Å². The van der Waals surface area contributed by atoms with Gasteiger partial charge in [-0.15, -0.1) is 0 Å². The first kappa shape index (κ1) is 12.1. The summed E-state index contributed by atoms with van der Waals surface area (Å²) in [4.78, 5) is 0. The van der Waals surface area contributed by atoms with Crippen LogP contribution >= 0.6 is 11.6 Å². The van der Waals surface area contributed by atoms with E-state index in [0.717, 1.165) is 24.7 Å². The van der Waals surface area contributed by atoms with Crippen LogP contribution in [0.25, 0.3) is 0 Å². The number of aryl methyl sites for hydroxylation is 1. The van der Waals surface area contributed by atoms with Crippen LogP contribution in [-0.2, 0) is 19.6 Å². The van der Waals surface area contributed by atoms with Crippen LogP contribution in [0.2, 0.25) is 5.02 Å². The fraction of sp³-hybridized carbons (Fsp3) is 0.308. The quantitative estimate of drug-likeness (QED) is 0.883. The number of hydrogen-bond acceptors (Lipinski definition) is 2. The van der Waals surface area contributed by atoms with Gasteiger partial charge in [-0.1, -0.05) is 23.7 Å². The van der Waals surface area contributed by atoms with E-state index < -0.39 is 0 Å². The van der Waals surface area contributed by atoms with Gasteiger partial charge in [0.1, 0.15) is 0 Å². The van der Waals surface area contributed by atoms with Gasteiger partial charge in [-0.25, -0.2) is 0 Å². The summed E-state index contributed by atoms with van der Waals surface area (Å²) in [6.45, 7) is 4.67. The van der Waals surface area contributed by atoms with Gasteiger partial charge in [0, 0.05) is 36.4 Å². The molecule has 0 amide bonds. The van der Waals surface area contributed by atoms with Crippen LogP contribution in [0, 0.1) is 0 Å². The van der Waals surface area contributed by atoms with Gasteiger partial charge in [-0.05, 0) is 24.6 Å². The Morgan fingerprint density at radius 2 is 1.88 bits per heavy atom. The van der Waals surface area contributed by atoms with Crippen molar-refractivity contribution in [1.82, 2.24) is 15.1 Å². The largest absolute Gasteiger partial charge is 0.309 e. The highest BCUT2D eigenvalue weighted by Crippen LogP contribution is 2.09. The average molecular weight is 250 g/mol. The van der Waals surface area contributed by atoms with Crippen LogP contribution in [0.3, 0.4) is 0 Å². The van der Waals surface area contributed by atoms with Crippen molar-refractivity contribution < 1.29 is 0 Å². The molecule has 0 atom stereocenters. The lowest BCUT2D eigenvalue weighted by Crippen LogP contribution is -2.12. The smallest absolute Gasteiger partial charge is 0.0534 e. The Morgan fingerprint density at radius 1 is 1.18 bits per heavy atom. The van der Waals surface area contributed by atoms with Crippen LogP contribution in [0.5, 0.6) is 0 Å². The predicted octanol–water partition coefficient (Wildman–Crippen LogP) is 2.85. The van der Waals surface area contributed by atoms with Crippen LogP contribution in [0.1, 0.15) is 18.1 Å². The van der Waals surface area contributed by atoms with Crippen molar-refractivity contribution in [2.75, 3.05) is 0 Å². The molecule has 0 bridgehead atoms. The van der Waals surface area contributed by atoms with E-state index >= 15 is 0 Å². The van der Waals surface area contributed by atoms with Crippen LogP contribution in [-0.4, -0.2) is 9.78 Å². The van der Waals surface area contributed by atoms with Crippen molar-refractivity contribution in [2.45, 2.75) is 26.6 Å². The molecule has 0 saturated heterocycles. The molecule has 0 unspecified atom stereocenters. The van der Waals surface area contributed by atoms with Gasteiger partial charge in [0.2, 0.25) is 0 Å². The molecule has 2 aromatic rings. The Morgan fingerprint density at radius 3 is 2.53 bits per heavy atom. The molecule has 2 rings (SSSR count). The Kier molecular flexibility index (Phi) is 4.18. The van der Waals surface area contributed by atoms with Crippen molar-refractivity contribution in [3.05, 3.63) is 52.8 Å². The fourth-order valence-electron chi connectivity index (χ4n) is 1.62. The Balaban J connectivity index is 1.81. The number of halogens is 1. The lowest BCUT2D eigenvalue weighted by atomic mass is 10.2. The first-order chi connectivity index (χ1) is 8.28. The van der Waals surface area contributed by atoms with E-state index in [0.29, 0.717) is 0 Å². The van der Waals surface area contributed by atoms with E-state index in [1.807, 2.05) is 35.1 Å². The highest BCUT2D eigenvalue weighted by atomic mass is 35.5. The number of benzene rings is 1. The first-order valence-electron chi connectivity index (χ1n) is 5.74. The molecule has 0 radical (unpaired) electrons. The zero-order chi connectivity index (χ0) is 12.1. The zero-order valence-electron chi connectivity index (χ0n) is 9.86. The summed E-state index contributed by atoms with van der Waals surface area (Å²) < 4.78 is 1.93. The number of nitrogens with one attached hydrogen (secondary N) is 1. The molecule has 17 heavy (non-hydrogen) atoms. The van der Waals surface area contributed by atoms with Crippen molar-refractivity contribution in [1.29, 1.82) is 0 Å². The Bertz CT molecular complexity index is 462. The molecule has 0 aliphatic rings. The molecule has 90 valence electrons. The third-order valence-corrected chi connectivity index (χ3v) is 2.83. The molecule has 0 saturated carbocycles. The van der Waals surface area contributed by atoms with E-state index in [9.17, 15) is 0 Å². The maximum absolute atomic E-state index is 5.83. The lowest BCUT2D eigenvalue weighted by molar-refractivity contribution is 0.655. The average Bonchev–Trinajstić information content (AvgIpc) is 2.80. The number of rotatable bonds is 5. The number of nitrogens with zero attached hydrogens (tertiary/aromatic N) is 2. The van der Waals surface area contributed by atoms with E-state index in [1.54, 1.807) is 0 Å².